The van der Waals surface area contributed by atoms with Crippen molar-refractivity contribution in [1.82, 2.24) is 5.32 Å². The Balaban J connectivity index is 2.00. The molecular formula is C14H19NO3S. The minimum absolute atomic E-state index is 0.0671. The molecule has 0 aromatic heterocycles. The predicted octanol–water partition coefficient (Wildman–Crippen LogP) is 1.31. The topological polar surface area (TPSA) is 66.4 Å². The predicted molar refractivity (Wildman–Crippen MR) is 74.5 cm³/mol. The first-order chi connectivity index (χ1) is 9.11. The Morgan fingerprint density at radius 3 is 2.53 bits per heavy atom. The highest BCUT2D eigenvalue weighted by molar-refractivity contribution is 7.84. The van der Waals surface area contributed by atoms with Crippen LogP contribution in [0.2, 0.25) is 0 Å². The van der Waals surface area contributed by atoms with Crippen molar-refractivity contribution in [2.75, 3.05) is 12.9 Å². The standard InChI is InChI=1S/C14H19NO3S/c1-19(18)12-6-4-11(5-7-12)14(17)15-13(8-9-16)10-2-3-10/h4-7,10,13,16H,2-3,8-9H2,1H3,(H,15,17). The molecule has 0 saturated heterocycles. The van der Waals surface area contributed by atoms with Gasteiger partial charge in [-0.05, 0) is 49.4 Å². The van der Waals surface area contributed by atoms with E-state index < -0.39 is 10.8 Å². The van der Waals surface area contributed by atoms with Crippen LogP contribution in [0.5, 0.6) is 0 Å². The van der Waals surface area contributed by atoms with Gasteiger partial charge in [0.1, 0.15) is 0 Å². The van der Waals surface area contributed by atoms with Crippen LogP contribution in [0.4, 0.5) is 0 Å². The fourth-order valence-corrected chi connectivity index (χ4v) is 2.63. The lowest BCUT2D eigenvalue weighted by atomic mass is 10.1. The number of hydrogen-bond acceptors (Lipinski definition) is 3. The van der Waals surface area contributed by atoms with Gasteiger partial charge in [0.2, 0.25) is 0 Å². The lowest BCUT2D eigenvalue weighted by molar-refractivity contribution is 0.0924. The lowest BCUT2D eigenvalue weighted by Gasteiger charge is -2.17. The maximum atomic E-state index is 12.1. The molecule has 1 saturated carbocycles. The van der Waals surface area contributed by atoms with Crippen LogP contribution in [0, 0.1) is 5.92 Å². The van der Waals surface area contributed by atoms with Gasteiger partial charge in [-0.3, -0.25) is 9.00 Å². The molecule has 0 spiro atoms. The Bertz CT molecular complexity index is 468. The monoisotopic (exact) mass is 281 g/mol. The van der Waals surface area contributed by atoms with Crippen molar-refractivity contribution >= 4 is 16.7 Å². The molecule has 1 aromatic rings. The molecule has 1 aliphatic rings. The molecule has 104 valence electrons. The Labute approximate surface area is 115 Å². The van der Waals surface area contributed by atoms with Gasteiger partial charge in [0.05, 0.1) is 0 Å². The highest BCUT2D eigenvalue weighted by Crippen LogP contribution is 2.34. The number of aliphatic hydroxyl groups excluding tert-OH is 1. The number of hydrogen-bond donors (Lipinski definition) is 2. The minimum atomic E-state index is -1.03. The molecule has 2 rings (SSSR count). The number of aliphatic hydroxyl groups is 1. The van der Waals surface area contributed by atoms with Crippen molar-refractivity contribution in [3.63, 3.8) is 0 Å². The molecular weight excluding hydrogens is 262 g/mol. The lowest BCUT2D eigenvalue weighted by Crippen LogP contribution is -2.37. The smallest absolute Gasteiger partial charge is 0.251 e. The zero-order chi connectivity index (χ0) is 13.8. The van der Waals surface area contributed by atoms with Crippen LogP contribution in [-0.2, 0) is 10.8 Å². The summed E-state index contributed by atoms with van der Waals surface area (Å²) in [6, 6.07) is 6.87. The Hall–Kier alpha value is -1.20. The third-order valence-corrected chi connectivity index (χ3v) is 4.33. The van der Waals surface area contributed by atoms with Crippen LogP contribution in [0.3, 0.4) is 0 Å². The molecule has 2 N–H and O–H groups in total. The fourth-order valence-electron chi connectivity index (χ4n) is 2.11. The van der Waals surface area contributed by atoms with Crippen LogP contribution in [0.1, 0.15) is 29.6 Å². The van der Waals surface area contributed by atoms with Crippen LogP contribution in [0.15, 0.2) is 29.2 Å². The van der Waals surface area contributed by atoms with Gasteiger partial charge < -0.3 is 10.4 Å². The summed E-state index contributed by atoms with van der Waals surface area (Å²) in [6.07, 6.45) is 4.46. The van der Waals surface area contributed by atoms with E-state index in [0.717, 1.165) is 12.8 Å². The summed E-state index contributed by atoms with van der Waals surface area (Å²) < 4.78 is 11.3. The number of rotatable bonds is 6. The first-order valence-electron chi connectivity index (χ1n) is 6.47. The van der Waals surface area contributed by atoms with E-state index >= 15 is 0 Å². The van der Waals surface area contributed by atoms with E-state index in [1.807, 2.05) is 0 Å². The van der Waals surface area contributed by atoms with E-state index in [4.69, 9.17) is 5.11 Å². The van der Waals surface area contributed by atoms with Crippen molar-refractivity contribution in [3.8, 4) is 0 Å². The Morgan fingerprint density at radius 1 is 1.42 bits per heavy atom. The quantitative estimate of drug-likeness (QED) is 0.826. The van der Waals surface area contributed by atoms with Gasteiger partial charge in [0.25, 0.3) is 5.91 Å². The van der Waals surface area contributed by atoms with Gasteiger partial charge in [-0.2, -0.15) is 0 Å². The number of benzene rings is 1. The molecule has 4 nitrogen and oxygen atoms in total. The summed E-state index contributed by atoms with van der Waals surface area (Å²) >= 11 is 0. The van der Waals surface area contributed by atoms with Crippen molar-refractivity contribution in [1.29, 1.82) is 0 Å². The Kier molecular flexibility index (Phi) is 4.71. The number of carbonyl (C=O) groups excluding carboxylic acids is 1. The second kappa shape index (κ2) is 6.30. The molecule has 5 heteroatoms. The van der Waals surface area contributed by atoms with Gasteiger partial charge in [-0.1, -0.05) is 0 Å². The number of nitrogens with one attached hydrogen (secondary N) is 1. The van der Waals surface area contributed by atoms with Crippen LogP contribution in [-0.4, -0.2) is 34.1 Å². The number of carbonyl (C=O) groups is 1. The van der Waals surface area contributed by atoms with E-state index in [1.165, 1.54) is 0 Å². The van der Waals surface area contributed by atoms with E-state index in [1.54, 1.807) is 30.5 Å². The summed E-state index contributed by atoms with van der Waals surface area (Å²) in [5, 5.41) is 12.0. The first kappa shape index (κ1) is 14.2. The molecule has 2 atom stereocenters. The third kappa shape index (κ3) is 3.88. The van der Waals surface area contributed by atoms with Gasteiger partial charge in [0.15, 0.2) is 0 Å². The van der Waals surface area contributed by atoms with Gasteiger partial charge >= 0.3 is 0 Å². The summed E-state index contributed by atoms with van der Waals surface area (Å²) in [4.78, 5) is 12.8. The SMILES string of the molecule is CS(=O)c1ccc(C(=O)NC(CCO)C2CC2)cc1. The average molecular weight is 281 g/mol. The van der Waals surface area contributed by atoms with Gasteiger partial charge in [-0.25, -0.2) is 0 Å². The second-order valence-electron chi connectivity index (χ2n) is 4.91. The maximum absolute atomic E-state index is 12.1. The van der Waals surface area contributed by atoms with E-state index in [0.29, 0.717) is 22.8 Å². The van der Waals surface area contributed by atoms with Gasteiger partial charge in [0, 0.05) is 40.2 Å². The molecule has 1 aromatic carbocycles. The summed E-state index contributed by atoms with van der Waals surface area (Å²) in [6.45, 7) is 0.0925. The summed E-state index contributed by atoms with van der Waals surface area (Å²) in [7, 11) is -1.03. The van der Waals surface area contributed by atoms with E-state index in [9.17, 15) is 9.00 Å². The molecule has 1 fully saturated rings. The van der Waals surface area contributed by atoms with Crippen molar-refractivity contribution in [2.45, 2.75) is 30.2 Å². The third-order valence-electron chi connectivity index (χ3n) is 3.40. The highest BCUT2D eigenvalue weighted by Gasteiger charge is 2.31. The van der Waals surface area contributed by atoms with Crippen LogP contribution >= 0.6 is 0 Å². The Morgan fingerprint density at radius 2 is 2.05 bits per heavy atom. The highest BCUT2D eigenvalue weighted by atomic mass is 32.2. The number of amides is 1. The molecule has 19 heavy (non-hydrogen) atoms. The van der Waals surface area contributed by atoms with Crippen molar-refractivity contribution < 1.29 is 14.1 Å². The molecule has 0 radical (unpaired) electrons. The summed E-state index contributed by atoms with van der Waals surface area (Å²) in [5.41, 5.74) is 0.567. The van der Waals surface area contributed by atoms with E-state index in [-0.39, 0.29) is 18.6 Å². The van der Waals surface area contributed by atoms with Crippen molar-refractivity contribution in [2.24, 2.45) is 5.92 Å². The summed E-state index contributed by atoms with van der Waals surface area (Å²) in [5.74, 6) is 0.386. The first-order valence-corrected chi connectivity index (χ1v) is 8.03. The minimum Gasteiger partial charge on any atom is -0.396 e. The zero-order valence-electron chi connectivity index (χ0n) is 11.0. The van der Waals surface area contributed by atoms with Gasteiger partial charge in [-0.15, -0.1) is 0 Å². The van der Waals surface area contributed by atoms with Crippen LogP contribution < -0.4 is 5.32 Å². The molecule has 1 aliphatic carbocycles. The normalized spacial score (nSPS) is 17.8. The van der Waals surface area contributed by atoms with Crippen molar-refractivity contribution in [3.05, 3.63) is 29.8 Å². The molecule has 0 aliphatic heterocycles. The molecule has 0 heterocycles. The molecule has 1 amide bonds. The van der Waals surface area contributed by atoms with E-state index in [2.05, 4.69) is 5.32 Å². The molecule has 0 bridgehead atoms. The second-order valence-corrected chi connectivity index (χ2v) is 6.29. The fraction of sp³-hybridized carbons (Fsp3) is 0.500. The average Bonchev–Trinajstić information content (AvgIpc) is 3.22. The van der Waals surface area contributed by atoms with Crippen LogP contribution in [0.25, 0.3) is 0 Å². The largest absolute Gasteiger partial charge is 0.396 e. The zero-order valence-corrected chi connectivity index (χ0v) is 11.8. The molecule has 2 unspecified atom stereocenters. The maximum Gasteiger partial charge on any atom is 0.251 e.